The number of nitrogens with zero attached hydrogens (tertiary/aromatic N) is 1. The molecule has 0 spiro atoms. The summed E-state index contributed by atoms with van der Waals surface area (Å²) in [6.07, 6.45) is 1.54. The van der Waals surface area contributed by atoms with Crippen molar-refractivity contribution in [1.29, 1.82) is 0 Å². The molecule has 1 amide bonds. The second-order valence-corrected chi connectivity index (χ2v) is 8.20. The molecule has 150 valence electrons. The maximum atomic E-state index is 12.3. The van der Waals surface area contributed by atoms with Crippen LogP contribution in [0.2, 0.25) is 5.02 Å². The number of methoxy groups -OCH3 is 1. The molecule has 2 rings (SSSR count). The Morgan fingerprint density at radius 3 is 2.61 bits per heavy atom. The fraction of sp³-hybridized carbons (Fsp3) is 0.250. The number of benzene rings is 2. The molecule has 0 aliphatic carbocycles. The van der Waals surface area contributed by atoms with Gasteiger partial charge in [0.05, 0.1) is 7.11 Å². The van der Waals surface area contributed by atoms with Crippen LogP contribution in [0.1, 0.15) is 17.5 Å². The minimum absolute atomic E-state index is 0.0112. The van der Waals surface area contributed by atoms with E-state index >= 15 is 0 Å². The van der Waals surface area contributed by atoms with E-state index in [1.54, 1.807) is 44.5 Å². The monoisotopic (exact) mass is 422 g/mol. The molecule has 2 aromatic carbocycles. The largest absolute Gasteiger partial charge is 0.496 e. The molecule has 0 aromatic heterocycles. The van der Waals surface area contributed by atoms with Gasteiger partial charge in [0.1, 0.15) is 5.75 Å². The van der Waals surface area contributed by atoms with Crippen LogP contribution < -0.4 is 9.46 Å². The summed E-state index contributed by atoms with van der Waals surface area (Å²) < 4.78 is 31.7. The van der Waals surface area contributed by atoms with Crippen molar-refractivity contribution in [2.75, 3.05) is 20.7 Å². The average molecular weight is 423 g/mol. The van der Waals surface area contributed by atoms with Crippen molar-refractivity contribution >= 4 is 33.6 Å². The maximum Gasteiger partial charge on any atom is 0.233 e. The molecule has 8 heteroatoms. The highest BCUT2D eigenvalue weighted by molar-refractivity contribution is 7.92. The van der Waals surface area contributed by atoms with Gasteiger partial charge in [0.2, 0.25) is 15.9 Å². The van der Waals surface area contributed by atoms with E-state index < -0.39 is 10.0 Å². The Morgan fingerprint density at radius 2 is 1.93 bits per heavy atom. The van der Waals surface area contributed by atoms with Crippen molar-refractivity contribution in [3.63, 3.8) is 0 Å². The Labute approximate surface area is 170 Å². The molecule has 0 aliphatic rings. The molecule has 28 heavy (non-hydrogen) atoms. The highest BCUT2D eigenvalue weighted by atomic mass is 35.5. The number of sulfonamides is 1. The van der Waals surface area contributed by atoms with E-state index in [0.29, 0.717) is 17.3 Å². The van der Waals surface area contributed by atoms with Crippen LogP contribution in [-0.2, 0) is 21.4 Å². The van der Waals surface area contributed by atoms with Crippen LogP contribution in [0.5, 0.6) is 5.75 Å². The predicted octanol–water partition coefficient (Wildman–Crippen LogP) is 3.29. The van der Waals surface area contributed by atoms with Crippen LogP contribution in [0, 0.1) is 0 Å². The van der Waals surface area contributed by atoms with E-state index in [2.05, 4.69) is 4.72 Å². The number of carbonyl (C=O) groups is 1. The Balaban J connectivity index is 1.86. The molecule has 0 radical (unpaired) electrons. The van der Waals surface area contributed by atoms with E-state index in [4.69, 9.17) is 16.3 Å². The van der Waals surface area contributed by atoms with Crippen molar-refractivity contribution in [2.45, 2.75) is 13.0 Å². The van der Waals surface area contributed by atoms with E-state index in [1.807, 2.05) is 18.2 Å². The molecular formula is C20H23ClN2O4S. The van der Waals surface area contributed by atoms with Gasteiger partial charge >= 0.3 is 0 Å². The third kappa shape index (κ3) is 6.99. The smallest absolute Gasteiger partial charge is 0.233 e. The van der Waals surface area contributed by atoms with E-state index in [-0.39, 0.29) is 18.9 Å². The van der Waals surface area contributed by atoms with Crippen LogP contribution in [-0.4, -0.2) is 39.9 Å². The van der Waals surface area contributed by atoms with Crippen LogP contribution in [0.15, 0.2) is 53.9 Å². The molecule has 0 aliphatic heterocycles. The highest BCUT2D eigenvalue weighted by Gasteiger charge is 2.14. The van der Waals surface area contributed by atoms with Gasteiger partial charge in [-0.15, -0.1) is 0 Å². The van der Waals surface area contributed by atoms with Gasteiger partial charge in [0.15, 0.2) is 0 Å². The van der Waals surface area contributed by atoms with Gasteiger partial charge in [0.25, 0.3) is 0 Å². The summed E-state index contributed by atoms with van der Waals surface area (Å²) in [5, 5.41) is 1.64. The SMILES string of the molecule is COc1ccc(Cl)cc1CN(C)C(=O)CCNS(=O)(=O)/C=C/c1ccccc1. The number of rotatable bonds is 9. The quantitative estimate of drug-likeness (QED) is 0.672. The van der Waals surface area contributed by atoms with E-state index in [9.17, 15) is 13.2 Å². The number of nitrogens with one attached hydrogen (secondary N) is 1. The standard InChI is InChI=1S/C20H23ClN2O4S/c1-23(15-17-14-18(21)8-9-19(17)27-2)20(24)10-12-22-28(25,26)13-11-16-6-4-3-5-7-16/h3-9,11,13-14,22H,10,12,15H2,1-2H3/b13-11+. The second-order valence-electron chi connectivity index (χ2n) is 6.11. The Bertz CT molecular complexity index is 930. The molecule has 0 saturated carbocycles. The Morgan fingerprint density at radius 1 is 1.21 bits per heavy atom. The van der Waals surface area contributed by atoms with Crippen molar-refractivity contribution in [3.05, 3.63) is 70.1 Å². The molecule has 6 nitrogen and oxygen atoms in total. The Hall–Kier alpha value is -2.35. The summed E-state index contributed by atoms with van der Waals surface area (Å²) in [6.45, 7) is 0.320. The fourth-order valence-corrected chi connectivity index (χ4v) is 3.50. The van der Waals surface area contributed by atoms with Gasteiger partial charge in [-0.05, 0) is 29.8 Å². The van der Waals surface area contributed by atoms with Gasteiger partial charge in [-0.25, -0.2) is 13.1 Å². The van der Waals surface area contributed by atoms with Crippen molar-refractivity contribution < 1.29 is 17.9 Å². The lowest BCUT2D eigenvalue weighted by Crippen LogP contribution is -2.31. The van der Waals surface area contributed by atoms with Crippen LogP contribution in [0.3, 0.4) is 0 Å². The number of hydrogen-bond acceptors (Lipinski definition) is 4. The minimum atomic E-state index is -3.62. The summed E-state index contributed by atoms with van der Waals surface area (Å²) in [5.41, 5.74) is 1.55. The number of amides is 1. The molecule has 0 unspecified atom stereocenters. The molecule has 0 bridgehead atoms. The third-order valence-electron chi connectivity index (χ3n) is 3.96. The second kappa shape index (κ2) is 10.3. The van der Waals surface area contributed by atoms with Crippen molar-refractivity contribution in [3.8, 4) is 5.75 Å². The molecule has 1 N–H and O–H groups in total. The minimum Gasteiger partial charge on any atom is -0.496 e. The molecule has 0 heterocycles. The lowest BCUT2D eigenvalue weighted by Gasteiger charge is -2.19. The topological polar surface area (TPSA) is 75.7 Å². The Kier molecular flexibility index (Phi) is 8.04. The zero-order valence-electron chi connectivity index (χ0n) is 15.8. The zero-order valence-corrected chi connectivity index (χ0v) is 17.3. The van der Waals surface area contributed by atoms with Gasteiger partial charge in [-0.2, -0.15) is 0 Å². The summed E-state index contributed by atoms with van der Waals surface area (Å²) in [4.78, 5) is 13.8. The third-order valence-corrected chi connectivity index (χ3v) is 5.29. The summed E-state index contributed by atoms with van der Waals surface area (Å²) in [5.74, 6) is 0.438. The number of ether oxygens (including phenoxy) is 1. The molecule has 0 fully saturated rings. The van der Waals surface area contributed by atoms with Gasteiger partial charge in [0, 0.05) is 42.6 Å². The summed E-state index contributed by atoms with van der Waals surface area (Å²) >= 11 is 6.00. The number of carbonyl (C=O) groups excluding carboxylic acids is 1. The average Bonchev–Trinajstić information content (AvgIpc) is 2.67. The normalized spacial score (nSPS) is 11.5. The predicted molar refractivity (Wildman–Crippen MR) is 111 cm³/mol. The molecule has 0 saturated heterocycles. The number of hydrogen-bond donors (Lipinski definition) is 1. The lowest BCUT2D eigenvalue weighted by atomic mass is 10.2. The molecule has 2 aromatic rings. The van der Waals surface area contributed by atoms with Crippen LogP contribution in [0.25, 0.3) is 6.08 Å². The van der Waals surface area contributed by atoms with Gasteiger partial charge < -0.3 is 9.64 Å². The number of halogens is 1. The maximum absolute atomic E-state index is 12.3. The van der Waals surface area contributed by atoms with Crippen molar-refractivity contribution in [2.24, 2.45) is 0 Å². The lowest BCUT2D eigenvalue weighted by molar-refractivity contribution is -0.130. The summed E-state index contributed by atoms with van der Waals surface area (Å²) in [6, 6.07) is 14.3. The van der Waals surface area contributed by atoms with E-state index in [0.717, 1.165) is 16.5 Å². The van der Waals surface area contributed by atoms with Crippen LogP contribution >= 0.6 is 11.6 Å². The summed E-state index contributed by atoms with van der Waals surface area (Å²) in [7, 11) is -0.422. The van der Waals surface area contributed by atoms with Crippen molar-refractivity contribution in [1.82, 2.24) is 9.62 Å². The fourth-order valence-electron chi connectivity index (χ4n) is 2.49. The first-order valence-electron chi connectivity index (χ1n) is 8.60. The van der Waals surface area contributed by atoms with Gasteiger partial charge in [-0.3, -0.25) is 4.79 Å². The zero-order chi connectivity index (χ0) is 20.6. The van der Waals surface area contributed by atoms with Crippen LogP contribution in [0.4, 0.5) is 0 Å². The van der Waals surface area contributed by atoms with E-state index in [1.165, 1.54) is 11.0 Å². The first kappa shape index (κ1) is 21.9. The first-order valence-corrected chi connectivity index (χ1v) is 10.5. The first-order chi connectivity index (χ1) is 13.3. The highest BCUT2D eigenvalue weighted by Crippen LogP contribution is 2.23. The van der Waals surface area contributed by atoms with Gasteiger partial charge in [-0.1, -0.05) is 41.9 Å². The molecule has 0 atom stereocenters. The molecular weight excluding hydrogens is 400 g/mol.